The van der Waals surface area contributed by atoms with Crippen LogP contribution in [0.1, 0.15) is 16.9 Å². The molecule has 27 heavy (non-hydrogen) atoms. The number of carbonyl (C=O) groups is 1. The molecule has 0 aliphatic heterocycles. The summed E-state index contributed by atoms with van der Waals surface area (Å²) in [4.78, 5) is 11.8. The highest BCUT2D eigenvalue weighted by Gasteiger charge is 2.07. The minimum Gasteiger partial charge on any atom is -0.484 e. The molecule has 0 spiro atoms. The number of ether oxygens (including phenoxy) is 1. The molecule has 0 aliphatic rings. The Kier molecular flexibility index (Phi) is 5.94. The van der Waals surface area contributed by atoms with Gasteiger partial charge in [-0.15, -0.1) is 0 Å². The van der Waals surface area contributed by atoms with E-state index in [2.05, 4.69) is 10.5 Å². The largest absolute Gasteiger partial charge is 0.484 e. The minimum absolute atomic E-state index is 0.122. The van der Waals surface area contributed by atoms with Crippen molar-refractivity contribution in [2.75, 3.05) is 6.61 Å². The van der Waals surface area contributed by atoms with Crippen LogP contribution < -0.4 is 10.2 Å². The first-order chi connectivity index (χ1) is 13.0. The molecule has 0 radical (unpaired) electrons. The maximum atomic E-state index is 11.8. The number of hydrazone groups is 1. The second-order valence-electron chi connectivity index (χ2n) is 6.09. The molecule has 1 aromatic heterocycles. The molecule has 0 fully saturated rings. The van der Waals surface area contributed by atoms with Crippen molar-refractivity contribution in [2.45, 2.75) is 13.8 Å². The first-order valence-corrected chi connectivity index (χ1v) is 8.77. The van der Waals surface area contributed by atoms with Gasteiger partial charge >= 0.3 is 0 Å². The fourth-order valence-corrected chi connectivity index (χ4v) is 2.82. The molecule has 0 bridgehead atoms. The maximum absolute atomic E-state index is 11.8. The van der Waals surface area contributed by atoms with Gasteiger partial charge in [0.15, 0.2) is 6.61 Å². The predicted molar refractivity (Wildman–Crippen MR) is 106 cm³/mol. The molecule has 3 aromatic rings. The summed E-state index contributed by atoms with van der Waals surface area (Å²) in [7, 11) is 0. The highest BCUT2D eigenvalue weighted by molar-refractivity contribution is 6.33. The van der Waals surface area contributed by atoms with Crippen LogP contribution in [-0.2, 0) is 4.79 Å². The molecule has 0 atom stereocenters. The Balaban J connectivity index is 1.53. The third-order valence-corrected chi connectivity index (χ3v) is 4.04. The summed E-state index contributed by atoms with van der Waals surface area (Å²) in [6.07, 6.45) is 1.43. The Labute approximate surface area is 162 Å². The number of amides is 1. The molecule has 3 rings (SSSR count). The van der Waals surface area contributed by atoms with Gasteiger partial charge in [-0.25, -0.2) is 5.43 Å². The summed E-state index contributed by atoms with van der Waals surface area (Å²) in [5.74, 6) is 1.43. The van der Waals surface area contributed by atoms with Gasteiger partial charge in [-0.2, -0.15) is 5.10 Å². The molecule has 5 nitrogen and oxygen atoms in total. The second kappa shape index (κ2) is 8.56. The smallest absolute Gasteiger partial charge is 0.277 e. The van der Waals surface area contributed by atoms with Gasteiger partial charge in [0.1, 0.15) is 17.3 Å². The minimum atomic E-state index is -0.358. The number of hydrogen-bond donors (Lipinski definition) is 1. The van der Waals surface area contributed by atoms with E-state index in [0.29, 0.717) is 22.3 Å². The van der Waals surface area contributed by atoms with Crippen molar-refractivity contribution in [3.8, 4) is 17.1 Å². The average Bonchev–Trinajstić information content (AvgIpc) is 3.08. The number of carbonyl (C=O) groups excluding carboxylic acids is 1. The van der Waals surface area contributed by atoms with Gasteiger partial charge in [0.25, 0.3) is 5.91 Å². The van der Waals surface area contributed by atoms with E-state index >= 15 is 0 Å². The van der Waals surface area contributed by atoms with Crippen molar-refractivity contribution in [1.82, 2.24) is 5.43 Å². The summed E-state index contributed by atoms with van der Waals surface area (Å²) < 4.78 is 11.2. The van der Waals surface area contributed by atoms with E-state index in [-0.39, 0.29) is 12.5 Å². The van der Waals surface area contributed by atoms with Crippen LogP contribution in [-0.4, -0.2) is 18.7 Å². The molecule has 1 N–H and O–H groups in total. The summed E-state index contributed by atoms with van der Waals surface area (Å²) >= 11 is 6.15. The Bertz CT molecular complexity index is 959. The number of furan rings is 1. The molecule has 138 valence electrons. The van der Waals surface area contributed by atoms with Crippen molar-refractivity contribution in [2.24, 2.45) is 5.10 Å². The van der Waals surface area contributed by atoms with Crippen molar-refractivity contribution < 1.29 is 13.9 Å². The van der Waals surface area contributed by atoms with Gasteiger partial charge in [-0.3, -0.25) is 4.79 Å². The molecule has 0 aliphatic carbocycles. The zero-order chi connectivity index (χ0) is 19.2. The van der Waals surface area contributed by atoms with Crippen molar-refractivity contribution in [1.29, 1.82) is 0 Å². The molecule has 1 heterocycles. The molecule has 1 amide bonds. The Morgan fingerprint density at radius 2 is 1.89 bits per heavy atom. The van der Waals surface area contributed by atoms with Crippen LogP contribution in [0, 0.1) is 13.8 Å². The lowest BCUT2D eigenvalue weighted by molar-refractivity contribution is -0.123. The molecule has 0 unspecified atom stereocenters. The standard InChI is InChI=1S/C21H19ClN2O3/c1-14-9-15(2)11-17(10-14)26-13-21(25)24-23-12-16-7-8-20(27-16)18-5-3-4-6-19(18)22/h3-12H,13H2,1-2H3,(H,24,25)/b23-12+. The van der Waals surface area contributed by atoms with Gasteiger partial charge in [-0.05, 0) is 61.4 Å². The number of halogens is 1. The van der Waals surface area contributed by atoms with E-state index in [4.69, 9.17) is 20.8 Å². The monoisotopic (exact) mass is 382 g/mol. The van der Waals surface area contributed by atoms with Crippen LogP contribution >= 0.6 is 11.6 Å². The SMILES string of the molecule is Cc1cc(C)cc(OCC(=O)N/N=C/c2ccc(-c3ccccc3Cl)o2)c1. The van der Waals surface area contributed by atoms with Gasteiger partial charge < -0.3 is 9.15 Å². The summed E-state index contributed by atoms with van der Waals surface area (Å²) in [6.45, 7) is 3.83. The maximum Gasteiger partial charge on any atom is 0.277 e. The zero-order valence-electron chi connectivity index (χ0n) is 15.0. The van der Waals surface area contributed by atoms with E-state index < -0.39 is 0 Å². The number of nitrogens with one attached hydrogen (secondary N) is 1. The number of benzene rings is 2. The zero-order valence-corrected chi connectivity index (χ0v) is 15.8. The topological polar surface area (TPSA) is 63.8 Å². The van der Waals surface area contributed by atoms with E-state index in [0.717, 1.165) is 16.7 Å². The first kappa shape index (κ1) is 18.7. The van der Waals surface area contributed by atoms with Gasteiger partial charge in [0.05, 0.1) is 11.2 Å². The first-order valence-electron chi connectivity index (χ1n) is 8.39. The quantitative estimate of drug-likeness (QED) is 0.494. The molecular formula is C21H19ClN2O3. The lowest BCUT2D eigenvalue weighted by Crippen LogP contribution is -2.24. The Morgan fingerprint density at radius 1 is 1.15 bits per heavy atom. The van der Waals surface area contributed by atoms with Crippen LogP contribution in [0.5, 0.6) is 5.75 Å². The molecule has 0 saturated carbocycles. The third kappa shape index (κ3) is 5.21. The summed E-state index contributed by atoms with van der Waals surface area (Å²) in [6, 6.07) is 16.7. The van der Waals surface area contributed by atoms with Crippen LogP contribution in [0.2, 0.25) is 5.02 Å². The third-order valence-electron chi connectivity index (χ3n) is 3.71. The Hall–Kier alpha value is -3.05. The van der Waals surface area contributed by atoms with Crippen LogP contribution in [0.4, 0.5) is 0 Å². The van der Waals surface area contributed by atoms with Gasteiger partial charge in [-0.1, -0.05) is 29.8 Å². The highest BCUT2D eigenvalue weighted by atomic mass is 35.5. The number of rotatable bonds is 6. The lowest BCUT2D eigenvalue weighted by atomic mass is 10.1. The lowest BCUT2D eigenvalue weighted by Gasteiger charge is -2.07. The fourth-order valence-electron chi connectivity index (χ4n) is 2.59. The molecular weight excluding hydrogens is 364 g/mol. The Morgan fingerprint density at radius 3 is 2.63 bits per heavy atom. The van der Waals surface area contributed by atoms with E-state index in [1.807, 2.05) is 50.2 Å². The van der Waals surface area contributed by atoms with E-state index in [1.54, 1.807) is 18.2 Å². The van der Waals surface area contributed by atoms with Gasteiger partial charge in [0.2, 0.25) is 0 Å². The van der Waals surface area contributed by atoms with Crippen LogP contribution in [0.15, 0.2) is 64.1 Å². The molecule has 2 aromatic carbocycles. The van der Waals surface area contributed by atoms with E-state index in [1.165, 1.54) is 6.21 Å². The van der Waals surface area contributed by atoms with Crippen LogP contribution in [0.25, 0.3) is 11.3 Å². The van der Waals surface area contributed by atoms with Crippen molar-refractivity contribution in [3.63, 3.8) is 0 Å². The molecule has 6 heteroatoms. The number of hydrogen-bond acceptors (Lipinski definition) is 4. The van der Waals surface area contributed by atoms with Gasteiger partial charge in [0, 0.05) is 5.56 Å². The van der Waals surface area contributed by atoms with Crippen LogP contribution in [0.3, 0.4) is 0 Å². The summed E-state index contributed by atoms with van der Waals surface area (Å²) in [5.41, 5.74) is 5.36. The van der Waals surface area contributed by atoms with E-state index in [9.17, 15) is 4.79 Å². The number of nitrogens with zero attached hydrogens (tertiary/aromatic N) is 1. The average molecular weight is 383 g/mol. The van der Waals surface area contributed by atoms with Crippen molar-refractivity contribution in [3.05, 3.63) is 76.5 Å². The molecule has 0 saturated heterocycles. The normalized spacial score (nSPS) is 10.9. The highest BCUT2D eigenvalue weighted by Crippen LogP contribution is 2.28. The second-order valence-corrected chi connectivity index (χ2v) is 6.49. The number of aryl methyl sites for hydroxylation is 2. The fraction of sp³-hybridized carbons (Fsp3) is 0.143. The van der Waals surface area contributed by atoms with Crippen molar-refractivity contribution >= 4 is 23.7 Å². The summed E-state index contributed by atoms with van der Waals surface area (Å²) in [5, 5.41) is 4.49. The predicted octanol–water partition coefficient (Wildman–Crippen LogP) is 4.75.